The third-order valence-corrected chi connectivity index (χ3v) is 2.77. The van der Waals surface area contributed by atoms with Crippen LogP contribution in [-0.4, -0.2) is 9.55 Å². The van der Waals surface area contributed by atoms with Crippen LogP contribution in [0.25, 0.3) is 5.69 Å². The van der Waals surface area contributed by atoms with Gasteiger partial charge in [0.15, 0.2) is 0 Å². The molecule has 0 saturated heterocycles. The van der Waals surface area contributed by atoms with Gasteiger partial charge < -0.3 is 10.3 Å². The Bertz CT molecular complexity index is 517. The molecule has 17 heavy (non-hydrogen) atoms. The summed E-state index contributed by atoms with van der Waals surface area (Å²) in [7, 11) is 0. The van der Waals surface area contributed by atoms with Crippen LogP contribution in [0.5, 0.6) is 0 Å². The molecule has 2 N–H and O–H groups in total. The molecule has 0 amide bonds. The average Bonchev–Trinajstić information content (AvgIpc) is 2.76. The lowest BCUT2D eigenvalue weighted by Gasteiger charge is -2.15. The van der Waals surface area contributed by atoms with E-state index in [-0.39, 0.29) is 11.9 Å². The van der Waals surface area contributed by atoms with E-state index in [1.807, 2.05) is 24.6 Å². The fourth-order valence-electron chi connectivity index (χ4n) is 1.92. The Labute approximate surface area is 100 Å². The van der Waals surface area contributed by atoms with Crippen molar-refractivity contribution in [3.05, 3.63) is 47.8 Å². The van der Waals surface area contributed by atoms with Crippen LogP contribution in [-0.2, 0) is 6.42 Å². The highest BCUT2D eigenvalue weighted by Crippen LogP contribution is 2.22. The van der Waals surface area contributed by atoms with Crippen molar-refractivity contribution in [2.45, 2.75) is 26.3 Å². The van der Waals surface area contributed by atoms with E-state index in [0.717, 1.165) is 23.5 Å². The molecule has 2 rings (SSSR count). The van der Waals surface area contributed by atoms with Gasteiger partial charge in [-0.15, -0.1) is 0 Å². The molecule has 0 unspecified atom stereocenters. The molecule has 90 valence electrons. The van der Waals surface area contributed by atoms with Crippen molar-refractivity contribution in [3.63, 3.8) is 0 Å². The molecule has 4 heteroatoms. The van der Waals surface area contributed by atoms with Crippen molar-refractivity contribution in [3.8, 4) is 5.69 Å². The zero-order valence-corrected chi connectivity index (χ0v) is 10.0. The summed E-state index contributed by atoms with van der Waals surface area (Å²) in [4.78, 5) is 4.26. The summed E-state index contributed by atoms with van der Waals surface area (Å²) in [6, 6.07) is 4.46. The van der Waals surface area contributed by atoms with Crippen LogP contribution in [0.3, 0.4) is 0 Å². The fraction of sp³-hybridized carbons (Fsp3) is 0.308. The molecule has 1 heterocycles. The first-order valence-corrected chi connectivity index (χ1v) is 5.71. The number of aromatic nitrogens is 2. The van der Waals surface area contributed by atoms with Gasteiger partial charge >= 0.3 is 0 Å². The van der Waals surface area contributed by atoms with E-state index < -0.39 is 0 Å². The minimum absolute atomic E-state index is 0.215. The van der Waals surface area contributed by atoms with Gasteiger partial charge in [0.25, 0.3) is 0 Å². The highest BCUT2D eigenvalue weighted by Gasteiger charge is 2.12. The summed E-state index contributed by atoms with van der Waals surface area (Å²) >= 11 is 0. The minimum atomic E-state index is -0.265. The lowest BCUT2D eigenvalue weighted by Crippen LogP contribution is -2.11. The van der Waals surface area contributed by atoms with Gasteiger partial charge in [-0.1, -0.05) is 6.92 Å². The van der Waals surface area contributed by atoms with Crippen LogP contribution < -0.4 is 5.73 Å². The van der Waals surface area contributed by atoms with E-state index in [0.29, 0.717) is 0 Å². The molecule has 0 aliphatic heterocycles. The van der Waals surface area contributed by atoms with Crippen molar-refractivity contribution >= 4 is 0 Å². The second kappa shape index (κ2) is 4.67. The molecule has 1 aromatic carbocycles. The summed E-state index contributed by atoms with van der Waals surface area (Å²) in [5.41, 5.74) is 7.57. The first kappa shape index (κ1) is 11.8. The fourth-order valence-corrected chi connectivity index (χ4v) is 1.92. The smallest absolute Gasteiger partial charge is 0.123 e. The Kier molecular flexibility index (Phi) is 3.24. The largest absolute Gasteiger partial charge is 0.324 e. The predicted octanol–water partition coefficient (Wildman–Crippen LogP) is 2.59. The van der Waals surface area contributed by atoms with Gasteiger partial charge in [-0.25, -0.2) is 9.37 Å². The van der Waals surface area contributed by atoms with E-state index in [1.165, 1.54) is 12.1 Å². The zero-order chi connectivity index (χ0) is 12.4. The number of rotatable bonds is 3. The van der Waals surface area contributed by atoms with Crippen LogP contribution in [0.15, 0.2) is 30.6 Å². The lowest BCUT2D eigenvalue weighted by molar-refractivity contribution is 0.621. The molecule has 0 spiro atoms. The van der Waals surface area contributed by atoms with Gasteiger partial charge in [-0.2, -0.15) is 0 Å². The summed E-state index contributed by atoms with van der Waals surface area (Å²) in [6.45, 7) is 3.88. The average molecular weight is 233 g/mol. The Morgan fingerprint density at radius 1 is 1.47 bits per heavy atom. The van der Waals surface area contributed by atoms with Crippen molar-refractivity contribution < 1.29 is 4.39 Å². The van der Waals surface area contributed by atoms with Gasteiger partial charge in [-0.3, -0.25) is 0 Å². The van der Waals surface area contributed by atoms with Crippen molar-refractivity contribution in [2.24, 2.45) is 5.73 Å². The standard InChI is InChI=1S/C13H16FN3/c1-3-13-16-6-7-17(13)12-5-4-10(14)8-11(12)9(2)15/h4-9H,3,15H2,1-2H3/t9-/m0/s1. The Hall–Kier alpha value is -1.68. The molecular formula is C13H16FN3. The third-order valence-electron chi connectivity index (χ3n) is 2.77. The first-order chi connectivity index (χ1) is 8.13. The van der Waals surface area contributed by atoms with Crippen LogP contribution in [0.4, 0.5) is 4.39 Å². The van der Waals surface area contributed by atoms with Gasteiger partial charge in [0.05, 0.1) is 5.69 Å². The molecule has 0 saturated carbocycles. The van der Waals surface area contributed by atoms with E-state index >= 15 is 0 Å². The Morgan fingerprint density at radius 2 is 2.24 bits per heavy atom. The molecule has 1 aromatic heterocycles. The Balaban J connectivity index is 2.59. The normalized spacial score (nSPS) is 12.7. The predicted molar refractivity (Wildman–Crippen MR) is 65.5 cm³/mol. The summed E-state index contributed by atoms with van der Waals surface area (Å²) in [5.74, 6) is 0.678. The van der Waals surface area contributed by atoms with Gasteiger partial charge in [0.2, 0.25) is 0 Å². The lowest BCUT2D eigenvalue weighted by atomic mass is 10.1. The maximum Gasteiger partial charge on any atom is 0.123 e. The quantitative estimate of drug-likeness (QED) is 0.885. The van der Waals surface area contributed by atoms with Gasteiger partial charge in [0.1, 0.15) is 11.6 Å². The van der Waals surface area contributed by atoms with E-state index in [1.54, 1.807) is 12.3 Å². The van der Waals surface area contributed by atoms with Crippen molar-refractivity contribution in [1.29, 1.82) is 0 Å². The second-order valence-electron chi connectivity index (χ2n) is 4.06. The number of nitrogens with zero attached hydrogens (tertiary/aromatic N) is 2. The van der Waals surface area contributed by atoms with Gasteiger partial charge in [-0.05, 0) is 30.7 Å². The second-order valence-corrected chi connectivity index (χ2v) is 4.06. The molecule has 0 aliphatic carbocycles. The van der Waals surface area contributed by atoms with E-state index in [9.17, 15) is 4.39 Å². The molecule has 0 bridgehead atoms. The molecule has 0 aliphatic rings. The molecular weight excluding hydrogens is 217 g/mol. The van der Waals surface area contributed by atoms with E-state index in [4.69, 9.17) is 5.73 Å². The molecule has 0 fully saturated rings. The monoisotopic (exact) mass is 233 g/mol. The number of halogens is 1. The highest BCUT2D eigenvalue weighted by molar-refractivity contribution is 5.44. The Morgan fingerprint density at radius 3 is 2.88 bits per heavy atom. The molecule has 0 radical (unpaired) electrons. The maximum absolute atomic E-state index is 13.3. The maximum atomic E-state index is 13.3. The van der Waals surface area contributed by atoms with Crippen LogP contribution >= 0.6 is 0 Å². The molecule has 2 aromatic rings. The zero-order valence-electron chi connectivity index (χ0n) is 10.0. The number of hydrogen-bond donors (Lipinski definition) is 1. The topological polar surface area (TPSA) is 43.8 Å². The third kappa shape index (κ3) is 2.22. The number of hydrogen-bond acceptors (Lipinski definition) is 2. The number of imidazole rings is 1. The van der Waals surface area contributed by atoms with Crippen LogP contribution in [0, 0.1) is 5.82 Å². The first-order valence-electron chi connectivity index (χ1n) is 5.71. The van der Waals surface area contributed by atoms with E-state index in [2.05, 4.69) is 4.98 Å². The summed E-state index contributed by atoms with van der Waals surface area (Å²) in [6.07, 6.45) is 4.44. The molecule has 1 atom stereocenters. The van der Waals surface area contributed by atoms with Crippen LogP contribution in [0.1, 0.15) is 31.3 Å². The number of benzene rings is 1. The number of aryl methyl sites for hydroxylation is 1. The van der Waals surface area contributed by atoms with Crippen LogP contribution in [0.2, 0.25) is 0 Å². The minimum Gasteiger partial charge on any atom is -0.324 e. The summed E-state index contributed by atoms with van der Waals surface area (Å²) in [5, 5.41) is 0. The highest BCUT2D eigenvalue weighted by atomic mass is 19.1. The summed E-state index contributed by atoms with van der Waals surface area (Å²) < 4.78 is 15.2. The molecule has 3 nitrogen and oxygen atoms in total. The van der Waals surface area contributed by atoms with Gasteiger partial charge in [0, 0.05) is 24.9 Å². The SMILES string of the molecule is CCc1nccn1-c1ccc(F)cc1[C@H](C)N. The van der Waals surface area contributed by atoms with Crippen molar-refractivity contribution in [1.82, 2.24) is 9.55 Å². The number of nitrogens with two attached hydrogens (primary N) is 1. The van der Waals surface area contributed by atoms with Crippen molar-refractivity contribution in [2.75, 3.05) is 0 Å².